The Balaban J connectivity index is 2.50. The van der Waals surface area contributed by atoms with Gasteiger partial charge >= 0.3 is 0 Å². The van der Waals surface area contributed by atoms with Gasteiger partial charge in [0.1, 0.15) is 5.82 Å². The molecule has 0 radical (unpaired) electrons. The highest BCUT2D eigenvalue weighted by atomic mass is 35.5. The number of aryl methyl sites for hydroxylation is 1. The third kappa shape index (κ3) is 2.49. The fourth-order valence-electron chi connectivity index (χ4n) is 1.61. The molecule has 2 rings (SSSR count). The van der Waals surface area contributed by atoms with Crippen LogP contribution in [0.1, 0.15) is 21.5 Å². The number of rotatable bonds is 2. The van der Waals surface area contributed by atoms with Crippen LogP contribution < -0.4 is 0 Å². The SMILES string of the molecule is Cc1ccc(C(=O)c2ccc(F)c(Cl)c2)c(F)c1F. The van der Waals surface area contributed by atoms with E-state index in [1.807, 2.05) is 0 Å². The Labute approximate surface area is 112 Å². The zero-order chi connectivity index (χ0) is 14.2. The number of ketones is 1. The van der Waals surface area contributed by atoms with Crippen LogP contribution in [0.3, 0.4) is 0 Å². The second-order valence-corrected chi connectivity index (χ2v) is 4.42. The van der Waals surface area contributed by atoms with Crippen LogP contribution in [-0.2, 0) is 0 Å². The van der Waals surface area contributed by atoms with Gasteiger partial charge in [0, 0.05) is 5.56 Å². The Morgan fingerprint density at radius 1 is 1.05 bits per heavy atom. The standard InChI is InChI=1S/C14H8ClF3O/c1-7-2-4-9(13(18)12(7)17)14(19)8-3-5-11(16)10(15)6-8/h2-6H,1H3. The molecule has 98 valence electrons. The van der Waals surface area contributed by atoms with Crippen molar-refractivity contribution < 1.29 is 18.0 Å². The van der Waals surface area contributed by atoms with Crippen LogP contribution in [0.4, 0.5) is 13.2 Å². The molecule has 5 heteroatoms. The minimum absolute atomic E-state index is 0.00597. The molecular formula is C14H8ClF3O. The summed E-state index contributed by atoms with van der Waals surface area (Å²) >= 11 is 5.55. The fourth-order valence-corrected chi connectivity index (χ4v) is 1.79. The van der Waals surface area contributed by atoms with Gasteiger partial charge in [0.25, 0.3) is 0 Å². The molecule has 0 saturated carbocycles. The molecule has 0 amide bonds. The van der Waals surface area contributed by atoms with Gasteiger partial charge in [-0.3, -0.25) is 4.79 Å². The van der Waals surface area contributed by atoms with E-state index in [-0.39, 0.29) is 16.1 Å². The molecule has 19 heavy (non-hydrogen) atoms. The van der Waals surface area contributed by atoms with Crippen molar-refractivity contribution in [1.29, 1.82) is 0 Å². The Morgan fingerprint density at radius 3 is 2.37 bits per heavy atom. The van der Waals surface area contributed by atoms with Gasteiger partial charge in [0.15, 0.2) is 17.4 Å². The summed E-state index contributed by atoms with van der Waals surface area (Å²) in [6.07, 6.45) is 0. The molecule has 0 heterocycles. The minimum Gasteiger partial charge on any atom is -0.288 e. The third-order valence-corrected chi connectivity index (χ3v) is 2.99. The van der Waals surface area contributed by atoms with Crippen LogP contribution in [0.2, 0.25) is 5.02 Å². The highest BCUT2D eigenvalue weighted by molar-refractivity contribution is 6.31. The number of carbonyl (C=O) groups excluding carboxylic acids is 1. The smallest absolute Gasteiger partial charge is 0.196 e. The van der Waals surface area contributed by atoms with E-state index in [1.165, 1.54) is 25.1 Å². The lowest BCUT2D eigenvalue weighted by molar-refractivity contribution is 0.103. The lowest BCUT2D eigenvalue weighted by Crippen LogP contribution is -2.07. The molecule has 0 aromatic heterocycles. The zero-order valence-corrected chi connectivity index (χ0v) is 10.6. The first-order valence-electron chi connectivity index (χ1n) is 5.36. The summed E-state index contributed by atoms with van der Waals surface area (Å²) in [7, 11) is 0. The van der Waals surface area contributed by atoms with Crippen LogP contribution in [0.5, 0.6) is 0 Å². The maximum Gasteiger partial charge on any atom is 0.196 e. The second kappa shape index (κ2) is 5.05. The average molecular weight is 285 g/mol. The van der Waals surface area contributed by atoms with Crippen LogP contribution in [0, 0.1) is 24.4 Å². The minimum atomic E-state index is -1.22. The van der Waals surface area contributed by atoms with Gasteiger partial charge < -0.3 is 0 Å². The number of halogens is 4. The average Bonchev–Trinajstić information content (AvgIpc) is 2.39. The number of hydrogen-bond donors (Lipinski definition) is 0. The molecule has 0 aliphatic carbocycles. The van der Waals surface area contributed by atoms with E-state index in [1.54, 1.807) is 0 Å². The predicted octanol–water partition coefficient (Wildman–Crippen LogP) is 4.30. The van der Waals surface area contributed by atoms with Gasteiger partial charge in [-0.2, -0.15) is 0 Å². The first-order chi connectivity index (χ1) is 8.91. The third-order valence-electron chi connectivity index (χ3n) is 2.70. The van der Waals surface area contributed by atoms with Gasteiger partial charge in [-0.25, -0.2) is 13.2 Å². The van der Waals surface area contributed by atoms with E-state index in [0.717, 1.165) is 12.1 Å². The Bertz CT molecular complexity index is 668. The zero-order valence-electron chi connectivity index (χ0n) is 9.81. The molecule has 0 aliphatic heterocycles. The quantitative estimate of drug-likeness (QED) is 0.752. The van der Waals surface area contributed by atoms with E-state index >= 15 is 0 Å². The normalized spacial score (nSPS) is 10.6. The summed E-state index contributed by atoms with van der Waals surface area (Å²) in [5, 5.41) is -0.251. The molecule has 0 fully saturated rings. The van der Waals surface area contributed by atoms with Gasteiger partial charge in [0.05, 0.1) is 10.6 Å². The highest BCUT2D eigenvalue weighted by Crippen LogP contribution is 2.22. The van der Waals surface area contributed by atoms with E-state index in [4.69, 9.17) is 11.6 Å². The first kappa shape index (κ1) is 13.6. The van der Waals surface area contributed by atoms with Crippen LogP contribution >= 0.6 is 11.6 Å². The Kier molecular flexibility index (Phi) is 3.62. The number of carbonyl (C=O) groups is 1. The monoisotopic (exact) mass is 284 g/mol. The molecule has 1 nitrogen and oxygen atoms in total. The summed E-state index contributed by atoms with van der Waals surface area (Å²) in [5.41, 5.74) is -0.314. The molecule has 0 atom stereocenters. The summed E-state index contributed by atoms with van der Waals surface area (Å²) in [6.45, 7) is 1.39. The molecule has 0 unspecified atom stereocenters. The van der Waals surface area contributed by atoms with E-state index in [2.05, 4.69) is 0 Å². The van der Waals surface area contributed by atoms with Crippen molar-refractivity contribution in [3.63, 3.8) is 0 Å². The lowest BCUT2D eigenvalue weighted by atomic mass is 10.0. The highest BCUT2D eigenvalue weighted by Gasteiger charge is 2.19. The maximum absolute atomic E-state index is 13.7. The van der Waals surface area contributed by atoms with E-state index in [9.17, 15) is 18.0 Å². The Hall–Kier alpha value is -1.81. The van der Waals surface area contributed by atoms with Crippen molar-refractivity contribution in [1.82, 2.24) is 0 Å². The lowest BCUT2D eigenvalue weighted by Gasteiger charge is -2.06. The van der Waals surface area contributed by atoms with Crippen molar-refractivity contribution in [2.75, 3.05) is 0 Å². The van der Waals surface area contributed by atoms with Crippen LogP contribution in [-0.4, -0.2) is 5.78 Å². The van der Waals surface area contributed by atoms with Crippen molar-refractivity contribution >= 4 is 17.4 Å². The topological polar surface area (TPSA) is 17.1 Å². The van der Waals surface area contributed by atoms with Crippen molar-refractivity contribution in [2.45, 2.75) is 6.92 Å². The molecular weight excluding hydrogens is 277 g/mol. The van der Waals surface area contributed by atoms with Gasteiger partial charge in [-0.1, -0.05) is 17.7 Å². The summed E-state index contributed by atoms with van der Waals surface area (Å²) in [5.74, 6) is -3.73. The van der Waals surface area contributed by atoms with E-state index < -0.39 is 28.8 Å². The van der Waals surface area contributed by atoms with Gasteiger partial charge in [-0.15, -0.1) is 0 Å². The number of benzene rings is 2. The van der Waals surface area contributed by atoms with Crippen molar-refractivity contribution in [3.8, 4) is 0 Å². The summed E-state index contributed by atoms with van der Waals surface area (Å²) in [6, 6.07) is 5.74. The molecule has 0 aliphatic rings. The van der Waals surface area contributed by atoms with Crippen LogP contribution in [0.25, 0.3) is 0 Å². The molecule has 2 aromatic rings. The summed E-state index contributed by atoms with van der Waals surface area (Å²) in [4.78, 5) is 12.0. The van der Waals surface area contributed by atoms with Crippen molar-refractivity contribution in [3.05, 3.63) is 69.5 Å². The van der Waals surface area contributed by atoms with E-state index in [0.29, 0.717) is 0 Å². The maximum atomic E-state index is 13.7. The van der Waals surface area contributed by atoms with Gasteiger partial charge in [0.2, 0.25) is 0 Å². The molecule has 0 bridgehead atoms. The molecule has 2 aromatic carbocycles. The molecule has 0 N–H and O–H groups in total. The predicted molar refractivity (Wildman–Crippen MR) is 65.9 cm³/mol. The summed E-state index contributed by atoms with van der Waals surface area (Å²) < 4.78 is 40.1. The largest absolute Gasteiger partial charge is 0.288 e. The van der Waals surface area contributed by atoms with Crippen molar-refractivity contribution in [2.24, 2.45) is 0 Å². The fraction of sp³-hybridized carbons (Fsp3) is 0.0714. The number of hydrogen-bond acceptors (Lipinski definition) is 1. The van der Waals surface area contributed by atoms with Gasteiger partial charge in [-0.05, 0) is 36.8 Å². The molecule has 0 spiro atoms. The van der Waals surface area contributed by atoms with Crippen LogP contribution in [0.15, 0.2) is 30.3 Å². The first-order valence-corrected chi connectivity index (χ1v) is 5.74. The second-order valence-electron chi connectivity index (χ2n) is 4.02. The Morgan fingerprint density at radius 2 is 1.74 bits per heavy atom. The molecule has 0 saturated heterocycles.